The van der Waals surface area contributed by atoms with Crippen molar-refractivity contribution in [3.8, 4) is 11.5 Å². The van der Waals surface area contributed by atoms with Gasteiger partial charge >= 0.3 is 12.0 Å². The topological polar surface area (TPSA) is 94.2 Å². The number of ether oxygens (including phenoxy) is 3. The van der Waals surface area contributed by atoms with Crippen molar-refractivity contribution in [2.75, 3.05) is 26.4 Å². The number of carbonyl (C=O) groups is 3. The molecule has 3 rings (SSSR count). The highest BCUT2D eigenvalue weighted by Crippen LogP contribution is 2.36. The van der Waals surface area contributed by atoms with E-state index in [4.69, 9.17) is 14.2 Å². The SMILES string of the molecule is CCCCOC(=O)CN1C(=O)N[C@](C)(c2ccc3c(c2)OCCO3)C1=O. The van der Waals surface area contributed by atoms with E-state index in [-0.39, 0.29) is 6.61 Å². The number of fused-ring (bicyclic) bond motifs is 1. The average molecular weight is 362 g/mol. The molecule has 0 spiro atoms. The Hall–Kier alpha value is -2.77. The molecule has 2 aliphatic heterocycles. The van der Waals surface area contributed by atoms with E-state index in [9.17, 15) is 14.4 Å². The molecule has 3 amide bonds. The first-order valence-electron chi connectivity index (χ1n) is 8.65. The fraction of sp³-hybridized carbons (Fsp3) is 0.500. The minimum atomic E-state index is -1.28. The van der Waals surface area contributed by atoms with Crippen LogP contribution in [-0.2, 0) is 19.9 Å². The van der Waals surface area contributed by atoms with Gasteiger partial charge in [0, 0.05) is 0 Å². The van der Waals surface area contributed by atoms with E-state index in [2.05, 4.69) is 5.32 Å². The standard InChI is InChI=1S/C18H22N2O6/c1-3-4-7-26-15(21)11-20-16(22)18(2,19-17(20)23)12-5-6-13-14(10-12)25-9-8-24-13/h5-6,10H,3-4,7-9,11H2,1-2H3,(H,19,23)/t18-/m1/s1. The van der Waals surface area contributed by atoms with E-state index >= 15 is 0 Å². The lowest BCUT2D eigenvalue weighted by Gasteiger charge is -2.25. The Bertz CT molecular complexity index is 734. The van der Waals surface area contributed by atoms with Crippen molar-refractivity contribution in [2.24, 2.45) is 0 Å². The summed E-state index contributed by atoms with van der Waals surface area (Å²) in [5.74, 6) is 0.00572. The van der Waals surface area contributed by atoms with Gasteiger partial charge in [0.15, 0.2) is 11.5 Å². The summed E-state index contributed by atoms with van der Waals surface area (Å²) < 4.78 is 16.1. The summed E-state index contributed by atoms with van der Waals surface area (Å²) in [5, 5.41) is 2.66. The van der Waals surface area contributed by atoms with E-state index in [0.717, 1.165) is 17.7 Å². The summed E-state index contributed by atoms with van der Waals surface area (Å²) in [7, 11) is 0. The summed E-state index contributed by atoms with van der Waals surface area (Å²) in [6, 6.07) is 4.46. The number of carbonyl (C=O) groups excluding carboxylic acids is 3. The first-order chi connectivity index (χ1) is 12.5. The van der Waals surface area contributed by atoms with Gasteiger partial charge in [0.2, 0.25) is 0 Å². The molecule has 0 unspecified atom stereocenters. The summed E-state index contributed by atoms with van der Waals surface area (Å²) in [6.45, 7) is 4.33. The maximum absolute atomic E-state index is 12.8. The van der Waals surface area contributed by atoms with E-state index in [1.54, 1.807) is 25.1 Å². The van der Waals surface area contributed by atoms with Crippen LogP contribution >= 0.6 is 0 Å². The molecule has 2 heterocycles. The molecular formula is C18H22N2O6. The Labute approximate surface area is 151 Å². The number of urea groups is 1. The molecule has 0 aromatic heterocycles. The zero-order valence-electron chi connectivity index (χ0n) is 14.9. The maximum Gasteiger partial charge on any atom is 0.326 e. The van der Waals surface area contributed by atoms with Crippen molar-refractivity contribution in [3.63, 3.8) is 0 Å². The summed E-state index contributed by atoms with van der Waals surface area (Å²) in [6.07, 6.45) is 1.62. The monoisotopic (exact) mass is 362 g/mol. The number of unbranched alkanes of at least 4 members (excludes halogenated alkanes) is 1. The molecule has 0 bridgehead atoms. The van der Waals surface area contributed by atoms with Gasteiger partial charge in [0.05, 0.1) is 6.61 Å². The molecule has 8 nitrogen and oxygen atoms in total. The number of nitrogens with one attached hydrogen (secondary N) is 1. The van der Waals surface area contributed by atoms with Crippen LogP contribution in [0.25, 0.3) is 0 Å². The van der Waals surface area contributed by atoms with Gasteiger partial charge in [0.1, 0.15) is 25.3 Å². The van der Waals surface area contributed by atoms with Gasteiger partial charge in [-0.1, -0.05) is 19.4 Å². The average Bonchev–Trinajstić information content (AvgIpc) is 2.85. The molecule has 1 atom stereocenters. The van der Waals surface area contributed by atoms with Crippen LogP contribution in [-0.4, -0.2) is 49.2 Å². The molecule has 1 aromatic rings. The van der Waals surface area contributed by atoms with Crippen molar-refractivity contribution in [1.82, 2.24) is 10.2 Å². The number of benzene rings is 1. The zero-order chi connectivity index (χ0) is 18.7. The van der Waals surface area contributed by atoms with Gasteiger partial charge < -0.3 is 19.5 Å². The minimum absolute atomic E-state index is 0.276. The van der Waals surface area contributed by atoms with Crippen molar-refractivity contribution >= 4 is 17.9 Å². The van der Waals surface area contributed by atoms with Crippen molar-refractivity contribution in [3.05, 3.63) is 23.8 Å². The van der Waals surface area contributed by atoms with E-state index < -0.39 is 30.0 Å². The Morgan fingerprint density at radius 2 is 2.00 bits per heavy atom. The van der Waals surface area contributed by atoms with Crippen molar-refractivity contribution in [2.45, 2.75) is 32.2 Å². The summed E-state index contributed by atoms with van der Waals surface area (Å²) >= 11 is 0. The lowest BCUT2D eigenvalue weighted by atomic mass is 9.91. The minimum Gasteiger partial charge on any atom is -0.486 e. The number of hydrogen-bond acceptors (Lipinski definition) is 6. The molecule has 1 aromatic carbocycles. The van der Waals surface area contributed by atoms with E-state index in [1.165, 1.54) is 0 Å². The Kier molecular flexibility index (Phi) is 5.01. The molecule has 0 saturated carbocycles. The van der Waals surface area contributed by atoms with Crippen LogP contribution in [0.15, 0.2) is 18.2 Å². The predicted octanol–water partition coefficient (Wildman–Crippen LogP) is 1.57. The fourth-order valence-electron chi connectivity index (χ4n) is 2.90. The van der Waals surface area contributed by atoms with Crippen LogP contribution in [0.4, 0.5) is 4.79 Å². The Morgan fingerprint density at radius 3 is 2.73 bits per heavy atom. The molecule has 2 aliphatic rings. The number of hydrogen-bond donors (Lipinski definition) is 1. The van der Waals surface area contributed by atoms with E-state index in [1.807, 2.05) is 6.92 Å². The molecule has 1 fully saturated rings. The van der Waals surface area contributed by atoms with Gasteiger partial charge in [-0.15, -0.1) is 0 Å². The third-order valence-electron chi connectivity index (χ3n) is 4.44. The first kappa shape index (κ1) is 18.0. The van der Waals surface area contributed by atoms with Crippen molar-refractivity contribution < 1.29 is 28.6 Å². The molecule has 26 heavy (non-hydrogen) atoms. The second-order valence-electron chi connectivity index (χ2n) is 6.38. The third-order valence-corrected chi connectivity index (χ3v) is 4.44. The number of imide groups is 1. The van der Waals surface area contributed by atoms with Crippen molar-refractivity contribution in [1.29, 1.82) is 0 Å². The van der Waals surface area contributed by atoms with Gasteiger partial charge in [-0.05, 0) is 31.0 Å². The molecule has 0 radical (unpaired) electrons. The molecule has 1 N–H and O–H groups in total. The summed E-state index contributed by atoms with van der Waals surface area (Å²) in [4.78, 5) is 37.8. The highest BCUT2D eigenvalue weighted by Gasteiger charge is 2.50. The smallest absolute Gasteiger partial charge is 0.326 e. The van der Waals surface area contributed by atoms with Crippen LogP contribution in [0, 0.1) is 0 Å². The molecule has 0 aliphatic carbocycles. The normalized spacial score (nSPS) is 21.5. The van der Waals surface area contributed by atoms with Crippen LogP contribution in [0.2, 0.25) is 0 Å². The largest absolute Gasteiger partial charge is 0.486 e. The third kappa shape index (κ3) is 3.31. The number of amides is 3. The van der Waals surface area contributed by atoms with Crippen LogP contribution in [0.1, 0.15) is 32.3 Å². The second kappa shape index (κ2) is 7.23. The van der Waals surface area contributed by atoms with Crippen LogP contribution < -0.4 is 14.8 Å². The highest BCUT2D eigenvalue weighted by molar-refractivity contribution is 6.08. The van der Waals surface area contributed by atoms with Gasteiger partial charge in [-0.3, -0.25) is 14.5 Å². The highest BCUT2D eigenvalue weighted by atomic mass is 16.6. The number of nitrogens with zero attached hydrogens (tertiary/aromatic N) is 1. The molecule has 8 heteroatoms. The van der Waals surface area contributed by atoms with Crippen LogP contribution in [0.5, 0.6) is 11.5 Å². The summed E-state index contributed by atoms with van der Waals surface area (Å²) in [5.41, 5.74) is -0.724. The van der Waals surface area contributed by atoms with Crippen LogP contribution in [0.3, 0.4) is 0 Å². The molecular weight excluding hydrogens is 340 g/mol. The Morgan fingerprint density at radius 1 is 1.27 bits per heavy atom. The van der Waals surface area contributed by atoms with Gasteiger partial charge in [-0.25, -0.2) is 4.79 Å². The predicted molar refractivity (Wildman–Crippen MR) is 90.9 cm³/mol. The lowest BCUT2D eigenvalue weighted by Crippen LogP contribution is -2.41. The van der Waals surface area contributed by atoms with Gasteiger partial charge in [-0.2, -0.15) is 0 Å². The second-order valence-corrected chi connectivity index (χ2v) is 6.38. The lowest BCUT2D eigenvalue weighted by molar-refractivity contribution is -0.147. The quantitative estimate of drug-likeness (QED) is 0.469. The first-order valence-corrected chi connectivity index (χ1v) is 8.65. The number of rotatable bonds is 6. The van der Waals surface area contributed by atoms with E-state index in [0.29, 0.717) is 30.3 Å². The van der Waals surface area contributed by atoms with Gasteiger partial charge in [0.25, 0.3) is 5.91 Å². The Balaban J connectivity index is 1.75. The number of esters is 1. The molecule has 1 saturated heterocycles. The molecule has 140 valence electrons. The fourth-order valence-corrected chi connectivity index (χ4v) is 2.90. The maximum atomic E-state index is 12.8. The zero-order valence-corrected chi connectivity index (χ0v) is 14.9.